The molecule has 108 valence electrons. The molecule has 4 aliphatic rings. The van der Waals surface area contributed by atoms with Crippen LogP contribution in [0.1, 0.15) is 51.0 Å². The molecule has 4 aliphatic carbocycles. The second-order valence-electron chi connectivity index (χ2n) is 7.38. The molecular weight excluding hydrogens is 252 g/mol. The van der Waals surface area contributed by atoms with Crippen LogP contribution in [0.25, 0.3) is 0 Å². The Hall–Kier alpha value is -1.32. The lowest BCUT2D eigenvalue weighted by molar-refractivity contribution is -0.143. The predicted molar refractivity (Wildman–Crippen MR) is 74.1 cm³/mol. The topological polar surface area (TPSA) is 55.1 Å². The smallest absolute Gasteiger partial charge is 0.305 e. The van der Waals surface area contributed by atoms with Gasteiger partial charge in [-0.1, -0.05) is 0 Å². The van der Waals surface area contributed by atoms with Crippen molar-refractivity contribution in [1.82, 2.24) is 9.78 Å². The monoisotopic (exact) mass is 274 g/mol. The third kappa shape index (κ3) is 1.88. The van der Waals surface area contributed by atoms with E-state index in [1.807, 2.05) is 16.9 Å². The molecule has 1 atom stereocenters. The summed E-state index contributed by atoms with van der Waals surface area (Å²) in [6.07, 6.45) is 11.8. The van der Waals surface area contributed by atoms with E-state index in [0.717, 1.165) is 17.8 Å². The van der Waals surface area contributed by atoms with Gasteiger partial charge in [-0.05, 0) is 67.8 Å². The maximum absolute atomic E-state index is 11.4. The number of hydrogen-bond acceptors (Lipinski definition) is 2. The van der Waals surface area contributed by atoms with Crippen molar-refractivity contribution in [1.29, 1.82) is 0 Å². The summed E-state index contributed by atoms with van der Waals surface area (Å²) in [4.78, 5) is 11.4. The van der Waals surface area contributed by atoms with Gasteiger partial charge in [0.15, 0.2) is 0 Å². The van der Waals surface area contributed by atoms with Crippen molar-refractivity contribution < 1.29 is 9.90 Å². The van der Waals surface area contributed by atoms with E-state index in [4.69, 9.17) is 0 Å². The molecule has 0 saturated heterocycles. The van der Waals surface area contributed by atoms with Crippen LogP contribution in [-0.4, -0.2) is 20.9 Å². The Morgan fingerprint density at radius 1 is 1.25 bits per heavy atom. The highest BCUT2D eigenvalue weighted by Crippen LogP contribution is 2.64. The second-order valence-corrected chi connectivity index (χ2v) is 7.38. The Kier molecular flexibility index (Phi) is 2.69. The highest BCUT2D eigenvalue weighted by molar-refractivity contribution is 5.67. The number of hydrogen-bond donors (Lipinski definition) is 1. The maximum Gasteiger partial charge on any atom is 0.305 e. The van der Waals surface area contributed by atoms with E-state index in [-0.39, 0.29) is 17.9 Å². The average molecular weight is 274 g/mol. The van der Waals surface area contributed by atoms with Crippen molar-refractivity contribution in [3.8, 4) is 0 Å². The van der Waals surface area contributed by atoms with Crippen molar-refractivity contribution in [2.45, 2.75) is 51.0 Å². The van der Waals surface area contributed by atoms with Gasteiger partial charge in [-0.2, -0.15) is 5.10 Å². The van der Waals surface area contributed by atoms with Crippen LogP contribution in [0.5, 0.6) is 0 Å². The van der Waals surface area contributed by atoms with E-state index >= 15 is 0 Å². The van der Waals surface area contributed by atoms with Crippen LogP contribution in [0.3, 0.4) is 0 Å². The van der Waals surface area contributed by atoms with Crippen molar-refractivity contribution in [2.24, 2.45) is 23.2 Å². The fourth-order valence-electron chi connectivity index (χ4n) is 5.81. The van der Waals surface area contributed by atoms with E-state index < -0.39 is 5.97 Å². The van der Waals surface area contributed by atoms with Crippen LogP contribution in [0.2, 0.25) is 0 Å². The SMILES string of the molecule is O=C(O)CC(n1cccn1)C12CC3CC(CC(C3)C1)C2. The molecular formula is C16H22N2O2. The summed E-state index contributed by atoms with van der Waals surface area (Å²) in [6.45, 7) is 0. The number of aromatic nitrogens is 2. The van der Waals surface area contributed by atoms with Gasteiger partial charge in [-0.15, -0.1) is 0 Å². The Morgan fingerprint density at radius 3 is 2.30 bits per heavy atom. The summed E-state index contributed by atoms with van der Waals surface area (Å²) in [5, 5.41) is 13.7. The number of carboxylic acids is 1. The zero-order valence-electron chi connectivity index (χ0n) is 11.7. The molecule has 5 rings (SSSR count). The Bertz CT molecular complexity index is 473. The van der Waals surface area contributed by atoms with E-state index in [1.54, 1.807) is 6.20 Å². The molecule has 0 aromatic carbocycles. The lowest BCUT2D eigenvalue weighted by atomic mass is 9.47. The molecule has 1 aromatic rings. The van der Waals surface area contributed by atoms with Gasteiger partial charge in [0.1, 0.15) is 0 Å². The minimum Gasteiger partial charge on any atom is -0.481 e. The van der Waals surface area contributed by atoms with Crippen molar-refractivity contribution in [3.05, 3.63) is 18.5 Å². The van der Waals surface area contributed by atoms with Crippen molar-refractivity contribution in [2.75, 3.05) is 0 Å². The second kappa shape index (κ2) is 4.34. The third-order valence-electron chi connectivity index (χ3n) is 6.00. The Balaban J connectivity index is 1.70. The van der Waals surface area contributed by atoms with Crippen LogP contribution in [0, 0.1) is 23.2 Å². The van der Waals surface area contributed by atoms with Crippen LogP contribution in [-0.2, 0) is 4.79 Å². The van der Waals surface area contributed by atoms with E-state index in [2.05, 4.69) is 5.10 Å². The number of carbonyl (C=O) groups is 1. The summed E-state index contributed by atoms with van der Waals surface area (Å²) < 4.78 is 1.93. The zero-order chi connectivity index (χ0) is 13.7. The molecule has 4 nitrogen and oxygen atoms in total. The van der Waals surface area contributed by atoms with E-state index in [1.165, 1.54) is 38.5 Å². The average Bonchev–Trinajstić information content (AvgIpc) is 2.87. The Morgan fingerprint density at radius 2 is 1.85 bits per heavy atom. The summed E-state index contributed by atoms with van der Waals surface area (Å²) >= 11 is 0. The highest BCUT2D eigenvalue weighted by atomic mass is 16.4. The van der Waals surface area contributed by atoms with Gasteiger partial charge in [-0.25, -0.2) is 0 Å². The van der Waals surface area contributed by atoms with Gasteiger partial charge in [0.05, 0.1) is 12.5 Å². The van der Waals surface area contributed by atoms with Crippen LogP contribution in [0.15, 0.2) is 18.5 Å². The first-order chi connectivity index (χ1) is 9.64. The zero-order valence-corrected chi connectivity index (χ0v) is 11.7. The van der Waals surface area contributed by atoms with Gasteiger partial charge in [0.25, 0.3) is 0 Å². The third-order valence-corrected chi connectivity index (χ3v) is 6.00. The summed E-state index contributed by atoms with van der Waals surface area (Å²) in [6, 6.07) is 1.96. The molecule has 4 bridgehead atoms. The minimum atomic E-state index is -0.693. The number of aliphatic carboxylic acids is 1. The van der Waals surface area contributed by atoms with Crippen LogP contribution in [0.4, 0.5) is 0 Å². The highest BCUT2D eigenvalue weighted by Gasteiger charge is 2.55. The van der Waals surface area contributed by atoms with Gasteiger partial charge in [0.2, 0.25) is 0 Å². The van der Waals surface area contributed by atoms with Crippen molar-refractivity contribution >= 4 is 5.97 Å². The number of nitrogens with zero attached hydrogens (tertiary/aromatic N) is 2. The van der Waals surface area contributed by atoms with Crippen LogP contribution >= 0.6 is 0 Å². The fraction of sp³-hybridized carbons (Fsp3) is 0.750. The fourth-order valence-corrected chi connectivity index (χ4v) is 5.81. The molecule has 1 heterocycles. The molecule has 0 amide bonds. The standard InChI is InChI=1S/C16H22N2O2/c19-15(20)7-14(18-3-1-2-17-18)16-8-11-4-12(9-16)6-13(5-11)10-16/h1-3,11-14H,4-10H2,(H,19,20). The minimum absolute atomic E-state index is 0.0448. The van der Waals surface area contributed by atoms with E-state index in [9.17, 15) is 9.90 Å². The molecule has 0 spiro atoms. The first-order valence-electron chi connectivity index (χ1n) is 7.85. The maximum atomic E-state index is 11.4. The summed E-state index contributed by atoms with van der Waals surface area (Å²) in [5.41, 5.74) is 0.194. The molecule has 0 aliphatic heterocycles. The largest absolute Gasteiger partial charge is 0.481 e. The molecule has 1 aromatic heterocycles. The summed E-state index contributed by atoms with van der Waals surface area (Å²) in [7, 11) is 0. The number of carboxylic acid groups (broad SMARTS) is 1. The Labute approximate surface area is 119 Å². The van der Waals surface area contributed by atoms with Gasteiger partial charge in [-0.3, -0.25) is 9.48 Å². The van der Waals surface area contributed by atoms with Gasteiger partial charge in [0, 0.05) is 12.4 Å². The normalized spacial score (nSPS) is 39.9. The first kappa shape index (κ1) is 12.4. The molecule has 0 radical (unpaired) electrons. The first-order valence-corrected chi connectivity index (χ1v) is 7.85. The molecule has 4 heteroatoms. The molecule has 4 saturated carbocycles. The van der Waals surface area contributed by atoms with Crippen LogP contribution < -0.4 is 0 Å². The quantitative estimate of drug-likeness (QED) is 0.917. The number of rotatable bonds is 4. The molecule has 1 unspecified atom stereocenters. The lowest BCUT2D eigenvalue weighted by Crippen LogP contribution is -2.50. The summed E-state index contributed by atoms with van der Waals surface area (Å²) in [5.74, 6) is 1.83. The predicted octanol–water partition coefficient (Wildman–Crippen LogP) is 3.12. The van der Waals surface area contributed by atoms with Gasteiger partial charge < -0.3 is 5.11 Å². The molecule has 4 fully saturated rings. The molecule has 1 N–H and O–H groups in total. The molecule has 20 heavy (non-hydrogen) atoms. The van der Waals surface area contributed by atoms with Gasteiger partial charge >= 0.3 is 5.97 Å². The van der Waals surface area contributed by atoms with E-state index in [0.29, 0.717) is 0 Å². The lowest BCUT2D eigenvalue weighted by Gasteiger charge is -2.59. The van der Waals surface area contributed by atoms with Crippen molar-refractivity contribution in [3.63, 3.8) is 0 Å².